The summed E-state index contributed by atoms with van der Waals surface area (Å²) < 4.78 is 11.2. The Labute approximate surface area is 79.9 Å². The van der Waals surface area contributed by atoms with E-state index in [0.717, 1.165) is 10.3 Å². The van der Waals surface area contributed by atoms with Gasteiger partial charge in [-0.3, -0.25) is 0 Å². The molecule has 1 atom stereocenters. The standard InChI is InChI=1S/C11H10OS/c1-13(12)11-7-6-9-4-2-3-5-10(9)8-11/h2-8H,1H3/p+1. The number of hydrogen-bond donors (Lipinski definition) is 0. The summed E-state index contributed by atoms with van der Waals surface area (Å²) >= 11 is 0. The Balaban J connectivity index is 2.69. The predicted molar refractivity (Wildman–Crippen MR) is 57.6 cm³/mol. The molecule has 1 unspecified atom stereocenters. The highest BCUT2D eigenvalue weighted by atomic mass is 32.2. The van der Waals surface area contributed by atoms with Gasteiger partial charge in [0.15, 0.2) is 4.90 Å². The van der Waals surface area contributed by atoms with Gasteiger partial charge in [-0.2, -0.15) is 0 Å². The zero-order valence-corrected chi connectivity index (χ0v) is 8.29. The third kappa shape index (κ3) is 1.63. The van der Waals surface area contributed by atoms with Crippen LogP contribution in [-0.4, -0.2) is 6.26 Å². The van der Waals surface area contributed by atoms with Crippen molar-refractivity contribution >= 4 is 21.6 Å². The highest BCUT2D eigenvalue weighted by Gasteiger charge is 2.03. The normalized spacial score (nSPS) is 13.0. The van der Waals surface area contributed by atoms with Gasteiger partial charge in [0.05, 0.1) is 0 Å². The maximum atomic E-state index is 11.2. The Hall–Kier alpha value is -1.15. The molecule has 0 bridgehead atoms. The lowest BCUT2D eigenvalue weighted by atomic mass is 10.1. The Morgan fingerprint density at radius 3 is 2.38 bits per heavy atom. The van der Waals surface area contributed by atoms with Crippen molar-refractivity contribution in [3.05, 3.63) is 42.5 Å². The molecule has 66 valence electrons. The number of hydrogen-bond acceptors (Lipinski definition) is 1. The molecule has 0 heterocycles. The minimum Gasteiger partial charge on any atom is -0.102 e. The van der Waals surface area contributed by atoms with Crippen LogP contribution < -0.4 is 0 Å². The molecule has 0 saturated carbocycles. The average molecular weight is 191 g/mol. The van der Waals surface area contributed by atoms with Crippen LogP contribution in [0.5, 0.6) is 0 Å². The summed E-state index contributed by atoms with van der Waals surface area (Å²) in [5.41, 5.74) is 0. The van der Waals surface area contributed by atoms with Gasteiger partial charge >= 0.3 is 0 Å². The van der Waals surface area contributed by atoms with Gasteiger partial charge in [-0.1, -0.05) is 24.3 Å². The van der Waals surface area contributed by atoms with Crippen molar-refractivity contribution in [1.82, 2.24) is 0 Å². The fraction of sp³-hybridized carbons (Fsp3) is 0.0909. The first-order valence-corrected chi connectivity index (χ1v) is 5.88. The van der Waals surface area contributed by atoms with E-state index in [2.05, 4.69) is 6.07 Å². The molecule has 0 spiro atoms. The lowest BCUT2D eigenvalue weighted by Gasteiger charge is -1.96. The topological polar surface area (TPSA) is 17.1 Å². The van der Waals surface area contributed by atoms with Gasteiger partial charge < -0.3 is 0 Å². The van der Waals surface area contributed by atoms with Crippen LogP contribution in [0.1, 0.15) is 0 Å². The zero-order chi connectivity index (χ0) is 9.26. The van der Waals surface area contributed by atoms with Crippen LogP contribution in [0.25, 0.3) is 10.8 Å². The van der Waals surface area contributed by atoms with Crippen LogP contribution in [0.4, 0.5) is 0 Å². The smallest absolute Gasteiger partial charge is 0.102 e. The van der Waals surface area contributed by atoms with Crippen molar-refractivity contribution in [2.75, 3.05) is 6.26 Å². The third-order valence-corrected chi connectivity index (χ3v) is 3.10. The van der Waals surface area contributed by atoms with E-state index in [4.69, 9.17) is 0 Å². The summed E-state index contributed by atoms with van der Waals surface area (Å²) in [5, 5.41) is 2.35. The molecule has 2 aromatic rings. The molecule has 0 aromatic heterocycles. The molecule has 2 heteroatoms. The highest BCUT2D eigenvalue weighted by Crippen LogP contribution is 2.17. The Morgan fingerprint density at radius 1 is 1.00 bits per heavy atom. The van der Waals surface area contributed by atoms with Crippen molar-refractivity contribution in [2.24, 2.45) is 0 Å². The average Bonchev–Trinajstić information content (AvgIpc) is 2.17. The Bertz CT molecular complexity index is 462. The second kappa shape index (κ2) is 3.30. The zero-order valence-electron chi connectivity index (χ0n) is 7.40. The van der Waals surface area contributed by atoms with Gasteiger partial charge in [0.2, 0.25) is 0 Å². The fourth-order valence-corrected chi connectivity index (χ4v) is 1.98. The van der Waals surface area contributed by atoms with Gasteiger partial charge in [0, 0.05) is 6.07 Å². The molecule has 0 aliphatic rings. The summed E-state index contributed by atoms with van der Waals surface area (Å²) in [5.74, 6) is 0. The summed E-state index contributed by atoms with van der Waals surface area (Å²) in [6.07, 6.45) is 1.74. The molecule has 0 aliphatic heterocycles. The number of fused-ring (bicyclic) bond motifs is 1. The summed E-state index contributed by atoms with van der Waals surface area (Å²) in [7, 11) is -1.22. The first kappa shape index (κ1) is 8.45. The molecule has 0 N–H and O–H groups in total. The van der Waals surface area contributed by atoms with E-state index in [1.54, 1.807) is 6.26 Å². The maximum absolute atomic E-state index is 11.2. The second-order valence-corrected chi connectivity index (χ2v) is 4.54. The highest BCUT2D eigenvalue weighted by molar-refractivity contribution is 7.84. The Morgan fingerprint density at radius 2 is 1.69 bits per heavy atom. The molecule has 13 heavy (non-hydrogen) atoms. The van der Waals surface area contributed by atoms with Crippen LogP contribution in [0.2, 0.25) is 0 Å². The fourth-order valence-electron chi connectivity index (χ4n) is 1.37. The predicted octanol–water partition coefficient (Wildman–Crippen LogP) is 2.52. The second-order valence-electron chi connectivity index (χ2n) is 3.03. The van der Waals surface area contributed by atoms with E-state index in [0.29, 0.717) is 0 Å². The van der Waals surface area contributed by atoms with E-state index in [9.17, 15) is 4.21 Å². The van der Waals surface area contributed by atoms with Gasteiger partial charge in [-0.15, -0.1) is 4.21 Å². The largest absolute Gasteiger partial charge is 0.156 e. The molecule has 2 aromatic carbocycles. The van der Waals surface area contributed by atoms with E-state index >= 15 is 0 Å². The van der Waals surface area contributed by atoms with E-state index < -0.39 is 10.8 Å². The van der Waals surface area contributed by atoms with Crippen molar-refractivity contribution in [1.29, 1.82) is 0 Å². The number of benzene rings is 2. The number of thiol groups is 1. The quantitative estimate of drug-likeness (QED) is 0.500. The molecule has 0 aliphatic carbocycles. The minimum absolute atomic E-state index is 0.925. The molecule has 1 nitrogen and oxygen atoms in total. The van der Waals surface area contributed by atoms with Crippen molar-refractivity contribution in [3.8, 4) is 0 Å². The molecule has 2 rings (SSSR count). The van der Waals surface area contributed by atoms with Crippen molar-refractivity contribution in [3.63, 3.8) is 0 Å². The molecule has 0 fully saturated rings. The first-order valence-electron chi connectivity index (χ1n) is 4.17. The monoisotopic (exact) mass is 191 g/mol. The lowest BCUT2D eigenvalue weighted by molar-refractivity contribution is 0.598. The van der Waals surface area contributed by atoms with Gasteiger partial charge in [0.25, 0.3) is 0 Å². The lowest BCUT2D eigenvalue weighted by Crippen LogP contribution is -1.85. The van der Waals surface area contributed by atoms with E-state index in [-0.39, 0.29) is 0 Å². The van der Waals surface area contributed by atoms with Gasteiger partial charge in [-0.05, 0) is 22.9 Å². The summed E-state index contributed by atoms with van der Waals surface area (Å²) in [6.45, 7) is 0. The molecular weight excluding hydrogens is 180 g/mol. The van der Waals surface area contributed by atoms with Crippen LogP contribution in [0.15, 0.2) is 47.4 Å². The van der Waals surface area contributed by atoms with Crippen LogP contribution in [0, 0.1) is 0 Å². The van der Waals surface area contributed by atoms with Gasteiger partial charge in [-0.25, -0.2) is 0 Å². The Kier molecular flexibility index (Phi) is 2.15. The van der Waals surface area contributed by atoms with E-state index in [1.165, 1.54) is 5.39 Å². The van der Waals surface area contributed by atoms with Crippen molar-refractivity contribution < 1.29 is 4.21 Å². The van der Waals surface area contributed by atoms with Crippen LogP contribution in [-0.2, 0) is 15.0 Å². The van der Waals surface area contributed by atoms with Crippen molar-refractivity contribution in [2.45, 2.75) is 4.90 Å². The SMILES string of the molecule is C[SH+](=O)c1ccc2ccccc2c1. The van der Waals surface area contributed by atoms with E-state index in [1.807, 2.05) is 36.4 Å². The first-order chi connectivity index (χ1) is 6.27. The molecular formula is C11H11OS+. The third-order valence-electron chi connectivity index (χ3n) is 2.10. The molecule has 0 saturated heterocycles. The van der Waals surface area contributed by atoms with Crippen LogP contribution in [0.3, 0.4) is 0 Å². The van der Waals surface area contributed by atoms with Gasteiger partial charge in [0.1, 0.15) is 17.1 Å². The minimum atomic E-state index is -1.22. The number of rotatable bonds is 1. The maximum Gasteiger partial charge on any atom is 0.156 e. The molecule has 0 amide bonds. The summed E-state index contributed by atoms with van der Waals surface area (Å²) in [4.78, 5) is 0.925. The summed E-state index contributed by atoms with van der Waals surface area (Å²) in [6, 6.07) is 14.0. The van der Waals surface area contributed by atoms with Crippen LogP contribution >= 0.6 is 0 Å². The molecule has 0 radical (unpaired) electrons.